The molecule has 1 saturated heterocycles. The lowest BCUT2D eigenvalue weighted by Crippen LogP contribution is -2.16. The third kappa shape index (κ3) is 5.50. The van der Waals surface area contributed by atoms with Gasteiger partial charge in [-0.15, -0.1) is 0 Å². The van der Waals surface area contributed by atoms with Gasteiger partial charge in [-0.25, -0.2) is 18.7 Å². The molecule has 30 heavy (non-hydrogen) atoms. The van der Waals surface area contributed by atoms with Crippen molar-refractivity contribution < 1.29 is 23.0 Å². The minimum absolute atomic E-state index is 0.0952. The number of imidazole rings is 1. The lowest BCUT2D eigenvalue weighted by atomic mass is 10.2. The van der Waals surface area contributed by atoms with Crippen LogP contribution in [0.1, 0.15) is 48.1 Å². The molecule has 4 heterocycles. The van der Waals surface area contributed by atoms with Crippen LogP contribution in [0.2, 0.25) is 0 Å². The molecule has 0 spiro atoms. The second-order valence-electron chi connectivity index (χ2n) is 6.65. The number of rotatable bonds is 5. The van der Waals surface area contributed by atoms with Crippen LogP contribution < -0.4 is 10.1 Å². The van der Waals surface area contributed by atoms with E-state index in [1.807, 2.05) is 13.8 Å². The first-order valence-electron chi connectivity index (χ1n) is 9.74. The number of aromatic nitrogens is 3. The van der Waals surface area contributed by atoms with Gasteiger partial charge in [-0.1, -0.05) is 6.07 Å². The maximum absolute atomic E-state index is 12.8. The fourth-order valence-corrected chi connectivity index (χ4v) is 2.91. The Kier molecular flexibility index (Phi) is 7.29. The summed E-state index contributed by atoms with van der Waals surface area (Å²) >= 11 is 0. The van der Waals surface area contributed by atoms with Crippen LogP contribution in [0.15, 0.2) is 36.7 Å². The zero-order valence-electron chi connectivity index (χ0n) is 16.9. The summed E-state index contributed by atoms with van der Waals surface area (Å²) in [5, 5.41) is 2.66. The van der Waals surface area contributed by atoms with Crippen LogP contribution in [-0.2, 0) is 4.74 Å². The molecule has 7 nitrogen and oxygen atoms in total. The van der Waals surface area contributed by atoms with Gasteiger partial charge in [-0.05, 0) is 38.8 Å². The van der Waals surface area contributed by atoms with Crippen LogP contribution >= 0.6 is 0 Å². The number of carbonyl (C=O) groups is 1. The van der Waals surface area contributed by atoms with E-state index in [9.17, 15) is 13.6 Å². The molecule has 3 aromatic heterocycles. The van der Waals surface area contributed by atoms with Gasteiger partial charge in [0.2, 0.25) is 0 Å². The first kappa shape index (κ1) is 21.6. The summed E-state index contributed by atoms with van der Waals surface area (Å²) in [6, 6.07) is 5.62. The molecule has 0 aromatic carbocycles. The predicted octanol–water partition coefficient (Wildman–Crippen LogP) is 4.42. The van der Waals surface area contributed by atoms with Gasteiger partial charge in [0.1, 0.15) is 28.5 Å². The van der Waals surface area contributed by atoms with Crippen molar-refractivity contribution in [3.63, 3.8) is 0 Å². The van der Waals surface area contributed by atoms with Gasteiger partial charge in [0.25, 0.3) is 12.3 Å². The predicted molar refractivity (Wildman–Crippen MR) is 108 cm³/mol. The molecule has 0 aliphatic carbocycles. The summed E-state index contributed by atoms with van der Waals surface area (Å²) in [5.41, 5.74) is 1.36. The number of alkyl halides is 2. The Hall–Kier alpha value is -3.07. The minimum Gasteiger partial charge on any atom is -0.491 e. The molecule has 3 aromatic rings. The van der Waals surface area contributed by atoms with Gasteiger partial charge in [-0.3, -0.25) is 4.79 Å². The molecule has 1 N–H and O–H groups in total. The van der Waals surface area contributed by atoms with E-state index in [2.05, 4.69) is 15.3 Å². The number of hydrogen-bond acceptors (Lipinski definition) is 5. The van der Waals surface area contributed by atoms with Crippen LogP contribution in [0.4, 0.5) is 14.5 Å². The normalized spacial score (nSPS) is 13.2. The van der Waals surface area contributed by atoms with Gasteiger partial charge in [-0.2, -0.15) is 0 Å². The third-order valence-electron chi connectivity index (χ3n) is 4.28. The molecule has 9 heteroatoms. The Labute approximate surface area is 173 Å². The number of halogens is 2. The molecule has 0 radical (unpaired) electrons. The number of pyridine rings is 2. The largest absolute Gasteiger partial charge is 0.491 e. The monoisotopic (exact) mass is 418 g/mol. The molecule has 160 valence electrons. The van der Waals surface area contributed by atoms with E-state index >= 15 is 0 Å². The average molecular weight is 418 g/mol. The van der Waals surface area contributed by atoms with E-state index in [0.717, 1.165) is 18.9 Å². The summed E-state index contributed by atoms with van der Waals surface area (Å²) in [6.45, 7) is 6.07. The van der Waals surface area contributed by atoms with E-state index < -0.39 is 18.0 Å². The van der Waals surface area contributed by atoms with Gasteiger partial charge < -0.3 is 19.2 Å². The Morgan fingerprint density at radius 3 is 2.67 bits per heavy atom. The molecule has 0 bridgehead atoms. The summed E-state index contributed by atoms with van der Waals surface area (Å²) in [5.74, 6) is -0.154. The van der Waals surface area contributed by atoms with Crippen LogP contribution in [0, 0.1) is 6.92 Å². The van der Waals surface area contributed by atoms with Crippen LogP contribution in [0.3, 0.4) is 0 Å². The summed E-state index contributed by atoms with van der Waals surface area (Å²) in [4.78, 5) is 20.4. The number of carbonyl (C=O) groups excluding carboxylic acids is 1. The number of amides is 1. The van der Waals surface area contributed by atoms with E-state index in [1.54, 1.807) is 22.9 Å². The van der Waals surface area contributed by atoms with Gasteiger partial charge in [0.15, 0.2) is 0 Å². The SMILES string of the molecule is C1CCOC1.CCOc1cc2nc(C)cn2cc1NC(=O)c1cccc(C(F)F)n1. The van der Waals surface area contributed by atoms with E-state index in [-0.39, 0.29) is 5.69 Å². The van der Waals surface area contributed by atoms with Crippen molar-refractivity contribution in [2.24, 2.45) is 0 Å². The minimum atomic E-state index is -2.74. The molecule has 1 aliphatic heterocycles. The maximum Gasteiger partial charge on any atom is 0.280 e. The molecule has 1 fully saturated rings. The highest BCUT2D eigenvalue weighted by Crippen LogP contribution is 2.27. The number of nitrogens with zero attached hydrogens (tertiary/aromatic N) is 3. The van der Waals surface area contributed by atoms with Crippen molar-refractivity contribution in [3.05, 3.63) is 53.7 Å². The number of anilines is 1. The molecular formula is C21H24F2N4O3. The van der Waals surface area contributed by atoms with Crippen molar-refractivity contribution >= 4 is 17.2 Å². The maximum atomic E-state index is 12.8. The second kappa shape index (κ2) is 10.1. The smallest absolute Gasteiger partial charge is 0.280 e. The fourth-order valence-electron chi connectivity index (χ4n) is 2.91. The van der Waals surface area contributed by atoms with Crippen LogP contribution in [0.25, 0.3) is 5.65 Å². The topological polar surface area (TPSA) is 77.8 Å². The average Bonchev–Trinajstić information content (AvgIpc) is 3.41. The Morgan fingerprint density at radius 1 is 1.27 bits per heavy atom. The van der Waals surface area contributed by atoms with Crippen molar-refractivity contribution in [2.75, 3.05) is 25.1 Å². The second-order valence-corrected chi connectivity index (χ2v) is 6.65. The number of aryl methyl sites for hydroxylation is 1. The highest BCUT2D eigenvalue weighted by Gasteiger charge is 2.16. The Bertz CT molecular complexity index is 995. The molecule has 0 unspecified atom stereocenters. The number of fused-ring (bicyclic) bond motifs is 1. The molecule has 4 rings (SSSR count). The van der Waals surface area contributed by atoms with Crippen molar-refractivity contribution in [3.8, 4) is 5.75 Å². The lowest BCUT2D eigenvalue weighted by molar-refractivity contribution is 0.101. The molecule has 0 saturated carbocycles. The highest BCUT2D eigenvalue weighted by atomic mass is 19.3. The Balaban J connectivity index is 0.000000448. The van der Waals surface area contributed by atoms with E-state index in [4.69, 9.17) is 9.47 Å². The molecular weight excluding hydrogens is 394 g/mol. The van der Waals surface area contributed by atoms with Crippen molar-refractivity contribution in [2.45, 2.75) is 33.1 Å². The number of ether oxygens (including phenoxy) is 2. The van der Waals surface area contributed by atoms with E-state index in [1.165, 1.54) is 31.0 Å². The first-order chi connectivity index (χ1) is 14.5. The first-order valence-corrected chi connectivity index (χ1v) is 9.74. The van der Waals surface area contributed by atoms with E-state index in [0.29, 0.717) is 23.7 Å². The van der Waals surface area contributed by atoms with Crippen molar-refractivity contribution in [1.29, 1.82) is 0 Å². The number of hydrogen-bond donors (Lipinski definition) is 1. The summed E-state index contributed by atoms with van der Waals surface area (Å²) in [7, 11) is 0. The fraction of sp³-hybridized carbons (Fsp3) is 0.381. The molecule has 1 aliphatic rings. The Morgan fingerprint density at radius 2 is 2.03 bits per heavy atom. The van der Waals surface area contributed by atoms with Crippen molar-refractivity contribution in [1.82, 2.24) is 14.4 Å². The summed E-state index contributed by atoms with van der Waals surface area (Å²) < 4.78 is 37.7. The number of nitrogens with one attached hydrogen (secondary N) is 1. The third-order valence-corrected chi connectivity index (χ3v) is 4.28. The van der Waals surface area contributed by atoms with Gasteiger partial charge >= 0.3 is 0 Å². The highest BCUT2D eigenvalue weighted by molar-refractivity contribution is 6.03. The van der Waals surface area contributed by atoms with Crippen LogP contribution in [-0.4, -0.2) is 40.1 Å². The summed E-state index contributed by atoms with van der Waals surface area (Å²) in [6.07, 6.45) is 3.28. The van der Waals surface area contributed by atoms with Gasteiger partial charge in [0.05, 0.1) is 12.3 Å². The zero-order valence-corrected chi connectivity index (χ0v) is 16.9. The lowest BCUT2D eigenvalue weighted by Gasteiger charge is -2.12. The molecule has 1 amide bonds. The zero-order chi connectivity index (χ0) is 21.5. The quantitative estimate of drug-likeness (QED) is 0.664. The van der Waals surface area contributed by atoms with Gasteiger partial charge in [0, 0.05) is 31.7 Å². The van der Waals surface area contributed by atoms with Crippen LogP contribution in [0.5, 0.6) is 5.75 Å². The standard InChI is InChI=1S/C17H16F2N4O2.C4H8O/c1-3-25-14-7-15-20-10(2)8-23(15)9-13(14)22-17(24)12-6-4-5-11(21-12)16(18)19;1-2-4-5-3-1/h4-9,16H,3H2,1-2H3,(H,22,24);1-4H2. The molecule has 0 atom stereocenters.